The number of hydrogen-bond donors (Lipinski definition) is 0. The highest BCUT2D eigenvalue weighted by Crippen LogP contribution is 2.28. The van der Waals surface area contributed by atoms with Crippen LogP contribution < -0.4 is 14.2 Å². The molecule has 0 N–H and O–H groups in total. The summed E-state index contributed by atoms with van der Waals surface area (Å²) in [6.07, 6.45) is 4.97. The first kappa shape index (κ1) is 19.7. The average molecular weight is 383 g/mol. The van der Waals surface area contributed by atoms with Gasteiger partial charge in [0.1, 0.15) is 6.10 Å². The van der Waals surface area contributed by atoms with Crippen LogP contribution in [0, 0.1) is 6.92 Å². The molecule has 0 spiro atoms. The van der Waals surface area contributed by atoms with E-state index in [9.17, 15) is 4.79 Å². The van der Waals surface area contributed by atoms with E-state index in [0.29, 0.717) is 30.5 Å². The highest BCUT2D eigenvalue weighted by molar-refractivity contribution is 5.91. The van der Waals surface area contributed by atoms with E-state index in [1.165, 1.54) is 0 Å². The number of ether oxygens (including phenoxy) is 3. The third-order valence-corrected chi connectivity index (χ3v) is 4.64. The molecule has 1 fully saturated rings. The summed E-state index contributed by atoms with van der Waals surface area (Å²) in [5.74, 6) is 1.81. The molecule has 3 rings (SSSR count). The van der Waals surface area contributed by atoms with Crippen molar-refractivity contribution in [3.05, 3.63) is 47.7 Å². The van der Waals surface area contributed by atoms with Crippen molar-refractivity contribution < 1.29 is 19.0 Å². The maximum absolute atomic E-state index is 12.5. The van der Waals surface area contributed by atoms with Crippen molar-refractivity contribution in [3.8, 4) is 17.4 Å². The van der Waals surface area contributed by atoms with Gasteiger partial charge in [0.25, 0.3) is 0 Å². The molecule has 0 radical (unpaired) electrons. The van der Waals surface area contributed by atoms with Crippen molar-refractivity contribution in [1.29, 1.82) is 0 Å². The molecule has 2 aromatic rings. The number of benzene rings is 1. The lowest BCUT2D eigenvalue weighted by Crippen LogP contribution is -2.41. The number of piperidine rings is 1. The highest BCUT2D eigenvalue weighted by atomic mass is 16.5. The Hall–Kier alpha value is -3.09. The van der Waals surface area contributed by atoms with Gasteiger partial charge in [-0.2, -0.15) is 5.10 Å². The molecular weight excluding hydrogens is 358 g/mol. The van der Waals surface area contributed by atoms with Crippen LogP contribution >= 0.6 is 0 Å². The van der Waals surface area contributed by atoms with Gasteiger partial charge in [-0.15, -0.1) is 5.10 Å². The van der Waals surface area contributed by atoms with Gasteiger partial charge >= 0.3 is 0 Å². The Bertz CT molecular complexity index is 828. The zero-order chi connectivity index (χ0) is 19.9. The lowest BCUT2D eigenvalue weighted by Gasteiger charge is -2.31. The van der Waals surface area contributed by atoms with Crippen LogP contribution in [0.1, 0.15) is 24.1 Å². The molecule has 1 aromatic heterocycles. The van der Waals surface area contributed by atoms with E-state index < -0.39 is 0 Å². The SMILES string of the molecule is COc1ccc(/C=C/C(=O)N2CCC(Oc3ccc(C)nn3)CC2)cc1OC. The van der Waals surface area contributed by atoms with Crippen molar-refractivity contribution in [3.63, 3.8) is 0 Å². The minimum absolute atomic E-state index is 0.0108. The third kappa shape index (κ3) is 5.00. The number of rotatable bonds is 6. The molecule has 7 nitrogen and oxygen atoms in total. The Morgan fingerprint density at radius 1 is 1.07 bits per heavy atom. The topological polar surface area (TPSA) is 73.8 Å². The molecule has 7 heteroatoms. The van der Waals surface area contributed by atoms with Crippen LogP contribution in [0.3, 0.4) is 0 Å². The summed E-state index contributed by atoms with van der Waals surface area (Å²) >= 11 is 0. The summed E-state index contributed by atoms with van der Waals surface area (Å²) < 4.78 is 16.4. The Kier molecular flexibility index (Phi) is 6.47. The molecule has 1 amide bonds. The molecule has 0 bridgehead atoms. The largest absolute Gasteiger partial charge is 0.493 e. The van der Waals surface area contributed by atoms with Crippen molar-refractivity contribution >= 4 is 12.0 Å². The molecule has 1 aliphatic rings. The summed E-state index contributed by atoms with van der Waals surface area (Å²) in [6, 6.07) is 9.24. The summed E-state index contributed by atoms with van der Waals surface area (Å²) in [5.41, 5.74) is 1.73. The highest BCUT2D eigenvalue weighted by Gasteiger charge is 2.23. The zero-order valence-electron chi connectivity index (χ0n) is 16.4. The van der Waals surface area contributed by atoms with Crippen molar-refractivity contribution in [2.45, 2.75) is 25.9 Å². The quantitative estimate of drug-likeness (QED) is 0.714. The summed E-state index contributed by atoms with van der Waals surface area (Å²) in [4.78, 5) is 14.3. The zero-order valence-corrected chi connectivity index (χ0v) is 16.4. The van der Waals surface area contributed by atoms with E-state index in [4.69, 9.17) is 14.2 Å². The molecule has 148 valence electrons. The summed E-state index contributed by atoms with van der Waals surface area (Å²) in [6.45, 7) is 3.19. The molecule has 2 heterocycles. The fraction of sp³-hybridized carbons (Fsp3) is 0.381. The van der Waals surface area contributed by atoms with Crippen LogP contribution in [0.15, 0.2) is 36.4 Å². The lowest BCUT2D eigenvalue weighted by molar-refractivity contribution is -0.127. The minimum atomic E-state index is -0.0108. The standard InChI is InChI=1S/C21H25N3O4/c1-15-4-8-20(23-22-15)28-17-10-12-24(13-11-17)21(25)9-6-16-5-7-18(26-2)19(14-16)27-3/h4-9,14,17H,10-13H2,1-3H3/b9-6+. The predicted molar refractivity (Wildman–Crippen MR) is 106 cm³/mol. The second-order valence-electron chi connectivity index (χ2n) is 6.60. The number of likely N-dealkylation sites (tertiary alicyclic amines) is 1. The number of carbonyl (C=O) groups excluding carboxylic acids is 1. The number of carbonyl (C=O) groups is 1. The maximum Gasteiger partial charge on any atom is 0.246 e. The Labute approximate surface area is 164 Å². The van der Waals surface area contributed by atoms with Crippen LogP contribution in [-0.4, -0.2) is 54.4 Å². The molecular formula is C21H25N3O4. The molecule has 0 saturated carbocycles. The second kappa shape index (κ2) is 9.21. The number of methoxy groups -OCH3 is 2. The minimum Gasteiger partial charge on any atom is -0.493 e. The number of aromatic nitrogens is 2. The van der Waals surface area contributed by atoms with Crippen molar-refractivity contribution in [2.24, 2.45) is 0 Å². The average Bonchev–Trinajstić information content (AvgIpc) is 2.74. The summed E-state index contributed by atoms with van der Waals surface area (Å²) in [7, 11) is 3.18. The third-order valence-electron chi connectivity index (χ3n) is 4.64. The Morgan fingerprint density at radius 2 is 1.82 bits per heavy atom. The Morgan fingerprint density at radius 3 is 2.46 bits per heavy atom. The van der Waals surface area contributed by atoms with Gasteiger partial charge < -0.3 is 19.1 Å². The van der Waals surface area contributed by atoms with E-state index in [2.05, 4.69) is 10.2 Å². The van der Waals surface area contributed by atoms with E-state index in [0.717, 1.165) is 24.1 Å². The summed E-state index contributed by atoms with van der Waals surface area (Å²) in [5, 5.41) is 8.03. The lowest BCUT2D eigenvalue weighted by atomic mass is 10.1. The van der Waals surface area contributed by atoms with Crippen molar-refractivity contribution in [2.75, 3.05) is 27.3 Å². The molecule has 1 aromatic carbocycles. The molecule has 0 unspecified atom stereocenters. The van der Waals surface area contributed by atoms with Gasteiger partial charge in [-0.05, 0) is 36.8 Å². The fourth-order valence-electron chi connectivity index (χ4n) is 3.04. The van der Waals surface area contributed by atoms with E-state index in [-0.39, 0.29) is 12.0 Å². The molecule has 0 atom stereocenters. The molecule has 0 aliphatic carbocycles. The van der Waals surface area contributed by atoms with Gasteiger partial charge in [-0.3, -0.25) is 4.79 Å². The van der Waals surface area contributed by atoms with Crippen LogP contribution in [0.4, 0.5) is 0 Å². The Balaban J connectivity index is 1.52. The van der Waals surface area contributed by atoms with Crippen LogP contribution in [-0.2, 0) is 4.79 Å². The van der Waals surface area contributed by atoms with Gasteiger partial charge in [0.15, 0.2) is 11.5 Å². The molecule has 1 saturated heterocycles. The first-order valence-electron chi connectivity index (χ1n) is 9.25. The van der Waals surface area contributed by atoms with Crippen LogP contribution in [0.5, 0.6) is 17.4 Å². The van der Waals surface area contributed by atoms with Gasteiger partial charge in [0, 0.05) is 38.1 Å². The van der Waals surface area contributed by atoms with E-state index >= 15 is 0 Å². The first-order chi connectivity index (χ1) is 13.6. The number of nitrogens with zero attached hydrogens (tertiary/aromatic N) is 3. The van der Waals surface area contributed by atoms with Gasteiger partial charge in [0.05, 0.1) is 19.9 Å². The van der Waals surface area contributed by atoms with E-state index in [1.807, 2.05) is 42.2 Å². The molecule has 28 heavy (non-hydrogen) atoms. The van der Waals surface area contributed by atoms with Gasteiger partial charge in [-0.25, -0.2) is 0 Å². The van der Waals surface area contributed by atoms with Gasteiger partial charge in [-0.1, -0.05) is 6.07 Å². The van der Waals surface area contributed by atoms with Crippen LogP contribution in [0.25, 0.3) is 6.08 Å². The first-order valence-corrected chi connectivity index (χ1v) is 9.25. The van der Waals surface area contributed by atoms with E-state index in [1.54, 1.807) is 26.4 Å². The predicted octanol–water partition coefficient (Wildman–Crippen LogP) is 2.89. The second-order valence-corrected chi connectivity index (χ2v) is 6.60. The van der Waals surface area contributed by atoms with Crippen LogP contribution in [0.2, 0.25) is 0 Å². The monoisotopic (exact) mass is 383 g/mol. The maximum atomic E-state index is 12.5. The van der Waals surface area contributed by atoms with Crippen molar-refractivity contribution in [1.82, 2.24) is 15.1 Å². The normalized spacial score (nSPS) is 14.9. The molecule has 1 aliphatic heterocycles. The number of aryl methyl sites for hydroxylation is 1. The van der Waals surface area contributed by atoms with Gasteiger partial charge in [0.2, 0.25) is 11.8 Å². The number of hydrogen-bond acceptors (Lipinski definition) is 6. The fourth-order valence-corrected chi connectivity index (χ4v) is 3.04. The smallest absolute Gasteiger partial charge is 0.246 e. The number of amides is 1.